The summed E-state index contributed by atoms with van der Waals surface area (Å²) in [4.78, 5) is 45.4. The highest BCUT2D eigenvalue weighted by molar-refractivity contribution is 5.90. The van der Waals surface area contributed by atoms with Gasteiger partial charge in [-0.05, 0) is 57.2 Å². The second kappa shape index (κ2) is 11.6. The van der Waals surface area contributed by atoms with Gasteiger partial charge in [0.15, 0.2) is 0 Å². The van der Waals surface area contributed by atoms with Crippen molar-refractivity contribution < 1.29 is 14.4 Å². The van der Waals surface area contributed by atoms with Crippen molar-refractivity contribution >= 4 is 17.7 Å². The molecule has 2 rings (SSSR count). The summed E-state index contributed by atoms with van der Waals surface area (Å²) in [5, 5.41) is 5.88. The molecule has 8 nitrogen and oxygen atoms in total. The number of carbonyl (C=O) groups is 3. The van der Waals surface area contributed by atoms with E-state index < -0.39 is 11.5 Å². The largest absolute Gasteiger partial charge is 0.358 e. The number of piperidine rings is 1. The van der Waals surface area contributed by atoms with Crippen LogP contribution in [0.1, 0.15) is 66.7 Å². The lowest BCUT2D eigenvalue weighted by molar-refractivity contribution is -0.142. The van der Waals surface area contributed by atoms with Gasteiger partial charge in [-0.3, -0.25) is 24.2 Å². The lowest BCUT2D eigenvalue weighted by Crippen LogP contribution is -2.61. The van der Waals surface area contributed by atoms with Crippen molar-refractivity contribution in [3.8, 4) is 0 Å². The zero-order valence-corrected chi connectivity index (χ0v) is 22.1. The normalized spacial score (nSPS) is 24.4. The predicted molar refractivity (Wildman–Crippen MR) is 132 cm³/mol. The maximum Gasteiger partial charge on any atom is 0.245 e. The highest BCUT2D eigenvalue weighted by Gasteiger charge is 2.40. The van der Waals surface area contributed by atoms with Gasteiger partial charge in [0.05, 0.1) is 12.1 Å². The lowest BCUT2D eigenvalue weighted by Gasteiger charge is -2.41. The summed E-state index contributed by atoms with van der Waals surface area (Å²) in [6, 6.07) is -0.984. The van der Waals surface area contributed by atoms with Gasteiger partial charge in [-0.25, -0.2) is 0 Å². The van der Waals surface area contributed by atoms with Crippen molar-refractivity contribution in [2.45, 2.75) is 90.9 Å². The van der Waals surface area contributed by atoms with E-state index in [1.807, 2.05) is 39.8 Å². The maximum absolute atomic E-state index is 13.8. The zero-order valence-electron chi connectivity index (χ0n) is 22.1. The average molecular weight is 466 g/mol. The van der Waals surface area contributed by atoms with Gasteiger partial charge in [-0.1, -0.05) is 41.0 Å². The Morgan fingerprint density at radius 1 is 1.00 bits per heavy atom. The van der Waals surface area contributed by atoms with Crippen molar-refractivity contribution in [3.63, 3.8) is 0 Å². The number of likely N-dealkylation sites (N-methyl/N-ethyl adjacent to an activating group) is 3. The standard InChI is InChI=1S/C25H47N5O3/c1-17(2)20(16-30-15-11-13-19(30)22(31)26-6)29(8)24(33)21(25(3,4)5)27-23(32)18-12-9-10-14-28(18)7/h17-21H,9-16H2,1-8H3,(H,26,31)(H,27,32)/t18?,19-,20+,21+/m0/s1. The van der Waals surface area contributed by atoms with Crippen molar-refractivity contribution in [1.82, 2.24) is 25.3 Å². The zero-order chi connectivity index (χ0) is 24.9. The molecule has 2 fully saturated rings. The minimum Gasteiger partial charge on any atom is -0.358 e. The summed E-state index contributed by atoms with van der Waals surface area (Å²) in [7, 11) is 5.50. The third-order valence-corrected chi connectivity index (χ3v) is 7.42. The quantitative estimate of drug-likeness (QED) is 0.570. The van der Waals surface area contributed by atoms with Gasteiger partial charge in [0.25, 0.3) is 0 Å². The number of rotatable bonds is 8. The van der Waals surface area contributed by atoms with E-state index in [-0.39, 0.29) is 41.8 Å². The Morgan fingerprint density at radius 3 is 2.18 bits per heavy atom. The molecule has 0 saturated carbocycles. The van der Waals surface area contributed by atoms with Crippen molar-refractivity contribution in [2.24, 2.45) is 11.3 Å². The lowest BCUT2D eigenvalue weighted by atomic mass is 9.84. The molecule has 0 aromatic carbocycles. The Balaban J connectivity index is 2.17. The molecule has 0 radical (unpaired) electrons. The number of carbonyl (C=O) groups excluding carboxylic acids is 3. The predicted octanol–water partition coefficient (Wildman–Crippen LogP) is 1.70. The first kappa shape index (κ1) is 27.6. The Morgan fingerprint density at radius 2 is 1.64 bits per heavy atom. The minimum absolute atomic E-state index is 0.0421. The van der Waals surface area contributed by atoms with Crippen LogP contribution in [0.4, 0.5) is 0 Å². The molecular formula is C25H47N5O3. The Hall–Kier alpha value is -1.67. The van der Waals surface area contributed by atoms with Gasteiger partial charge in [0.1, 0.15) is 6.04 Å². The fourth-order valence-electron chi connectivity index (χ4n) is 5.19. The van der Waals surface area contributed by atoms with Crippen LogP contribution in [-0.4, -0.2) is 97.4 Å². The average Bonchev–Trinajstić information content (AvgIpc) is 3.21. The van der Waals surface area contributed by atoms with Crippen molar-refractivity contribution in [1.29, 1.82) is 0 Å². The number of nitrogens with one attached hydrogen (secondary N) is 2. The van der Waals surface area contributed by atoms with E-state index in [1.54, 1.807) is 7.05 Å². The summed E-state index contributed by atoms with van der Waals surface area (Å²) in [5.74, 6) is 0.133. The molecule has 2 heterocycles. The maximum atomic E-state index is 13.8. The van der Waals surface area contributed by atoms with Gasteiger partial charge in [-0.15, -0.1) is 0 Å². The molecule has 2 saturated heterocycles. The summed E-state index contributed by atoms with van der Waals surface area (Å²) < 4.78 is 0. The first-order chi connectivity index (χ1) is 15.4. The van der Waals surface area contributed by atoms with Gasteiger partial charge in [0, 0.05) is 26.7 Å². The van der Waals surface area contributed by atoms with Gasteiger partial charge in [-0.2, -0.15) is 0 Å². The third kappa shape index (κ3) is 6.92. The summed E-state index contributed by atoms with van der Waals surface area (Å²) >= 11 is 0. The van der Waals surface area contributed by atoms with E-state index in [0.717, 1.165) is 45.2 Å². The number of hydrogen-bond donors (Lipinski definition) is 2. The second-order valence-corrected chi connectivity index (χ2v) is 11.3. The molecule has 1 unspecified atom stereocenters. The van der Waals surface area contributed by atoms with Gasteiger partial charge in [0.2, 0.25) is 17.7 Å². The van der Waals surface area contributed by atoms with E-state index in [2.05, 4.69) is 34.3 Å². The molecule has 2 aliphatic heterocycles. The van der Waals surface area contributed by atoms with Gasteiger partial charge < -0.3 is 15.5 Å². The molecule has 33 heavy (non-hydrogen) atoms. The molecule has 0 spiro atoms. The number of likely N-dealkylation sites (tertiary alicyclic amines) is 2. The van der Waals surface area contributed by atoms with Crippen LogP contribution in [0.3, 0.4) is 0 Å². The molecular weight excluding hydrogens is 418 g/mol. The molecule has 0 aliphatic carbocycles. The Bertz CT molecular complexity index is 690. The fourth-order valence-corrected chi connectivity index (χ4v) is 5.19. The SMILES string of the molecule is CNC(=O)[C@@H]1CCCN1C[C@H](C(C)C)N(C)C(=O)[C@@H](NC(=O)C1CCCCN1C)C(C)(C)C. The number of amides is 3. The van der Waals surface area contributed by atoms with Crippen molar-refractivity contribution in [3.05, 3.63) is 0 Å². The summed E-state index contributed by atoms with van der Waals surface area (Å²) in [5.41, 5.74) is -0.423. The molecule has 0 aromatic heterocycles. The van der Waals surface area contributed by atoms with E-state index in [9.17, 15) is 14.4 Å². The molecule has 4 atom stereocenters. The topological polar surface area (TPSA) is 85.0 Å². The van der Waals surface area contributed by atoms with Gasteiger partial charge >= 0.3 is 0 Å². The smallest absolute Gasteiger partial charge is 0.245 e. The van der Waals surface area contributed by atoms with Crippen LogP contribution in [0.25, 0.3) is 0 Å². The van der Waals surface area contributed by atoms with E-state index in [1.165, 1.54) is 0 Å². The van der Waals surface area contributed by atoms with E-state index in [0.29, 0.717) is 6.54 Å². The van der Waals surface area contributed by atoms with Crippen LogP contribution in [0.15, 0.2) is 0 Å². The highest BCUT2D eigenvalue weighted by atomic mass is 16.2. The number of nitrogens with zero attached hydrogens (tertiary/aromatic N) is 3. The summed E-state index contributed by atoms with van der Waals surface area (Å²) in [6.07, 6.45) is 4.80. The monoisotopic (exact) mass is 465 g/mol. The van der Waals surface area contributed by atoms with E-state index >= 15 is 0 Å². The van der Waals surface area contributed by atoms with Crippen molar-refractivity contribution in [2.75, 3.05) is 40.8 Å². The van der Waals surface area contributed by atoms with Crippen LogP contribution in [0.5, 0.6) is 0 Å². The van der Waals surface area contributed by atoms with E-state index in [4.69, 9.17) is 0 Å². The third-order valence-electron chi connectivity index (χ3n) is 7.42. The fraction of sp³-hybridized carbons (Fsp3) is 0.880. The molecule has 8 heteroatoms. The minimum atomic E-state index is -0.611. The summed E-state index contributed by atoms with van der Waals surface area (Å²) in [6.45, 7) is 12.6. The molecule has 3 amide bonds. The first-order valence-corrected chi connectivity index (χ1v) is 12.6. The Kier molecular flexibility index (Phi) is 9.73. The van der Waals surface area contributed by atoms with Crippen LogP contribution in [0, 0.1) is 11.3 Å². The molecule has 190 valence electrons. The molecule has 2 N–H and O–H groups in total. The number of hydrogen-bond acceptors (Lipinski definition) is 5. The molecule has 0 aromatic rings. The van der Waals surface area contributed by atoms with Crippen LogP contribution < -0.4 is 10.6 Å². The first-order valence-electron chi connectivity index (χ1n) is 12.6. The van der Waals surface area contributed by atoms with Crippen LogP contribution >= 0.6 is 0 Å². The highest BCUT2D eigenvalue weighted by Crippen LogP contribution is 2.26. The molecule has 0 bridgehead atoms. The molecule has 2 aliphatic rings. The second-order valence-electron chi connectivity index (χ2n) is 11.3. The van der Waals surface area contributed by atoms with Crippen LogP contribution in [0.2, 0.25) is 0 Å². The van der Waals surface area contributed by atoms with Crippen LogP contribution in [-0.2, 0) is 14.4 Å². The Labute approximate surface area is 200 Å².